The van der Waals surface area contributed by atoms with Crippen molar-refractivity contribution >= 4 is 22.6 Å². The Hall–Kier alpha value is -3.02. The zero-order valence-electron chi connectivity index (χ0n) is 16.8. The molecule has 2 fully saturated rings. The van der Waals surface area contributed by atoms with Crippen LogP contribution in [-0.4, -0.2) is 35.7 Å². The van der Waals surface area contributed by atoms with Gasteiger partial charge in [0.15, 0.2) is 0 Å². The molecule has 1 N–H and O–H groups in total. The monoisotopic (exact) mass is 391 g/mol. The Kier molecular flexibility index (Phi) is 4.05. The molecule has 0 atom stereocenters. The van der Waals surface area contributed by atoms with Crippen molar-refractivity contribution in [1.82, 2.24) is 9.55 Å². The lowest BCUT2D eigenvalue weighted by molar-refractivity contribution is 0.0601. The number of hydrogen-bond acceptors (Lipinski definition) is 4. The molecule has 0 amide bonds. The number of pyridine rings is 1. The normalized spacial score (nSPS) is 17.7. The number of ether oxygens (including phenoxy) is 1. The van der Waals surface area contributed by atoms with Gasteiger partial charge in [0.05, 0.1) is 12.7 Å². The molecule has 150 valence electrons. The summed E-state index contributed by atoms with van der Waals surface area (Å²) < 4.78 is 6.54. The summed E-state index contributed by atoms with van der Waals surface area (Å²) in [6.45, 7) is 2.04. The Morgan fingerprint density at radius 1 is 1.10 bits per heavy atom. The number of methoxy groups -OCH3 is 1. The molecule has 1 saturated carbocycles. The number of carbonyl (C=O) groups is 1. The van der Waals surface area contributed by atoms with Gasteiger partial charge in [0.1, 0.15) is 5.52 Å². The van der Waals surface area contributed by atoms with Crippen LogP contribution in [0.1, 0.15) is 36.0 Å². The lowest BCUT2D eigenvalue weighted by Gasteiger charge is -2.35. The Morgan fingerprint density at radius 2 is 1.86 bits per heavy atom. The number of aryl methyl sites for hydroxylation is 1. The van der Waals surface area contributed by atoms with E-state index in [0.29, 0.717) is 16.5 Å². The molecule has 1 aromatic carbocycles. The number of aromatic nitrogens is 2. The fourth-order valence-corrected chi connectivity index (χ4v) is 4.65. The molecule has 3 heterocycles. The first kappa shape index (κ1) is 18.0. The van der Waals surface area contributed by atoms with E-state index in [4.69, 9.17) is 4.74 Å². The van der Waals surface area contributed by atoms with Gasteiger partial charge in [-0.2, -0.15) is 0 Å². The van der Waals surface area contributed by atoms with Gasteiger partial charge in [-0.25, -0.2) is 4.79 Å². The second kappa shape index (κ2) is 6.51. The molecule has 2 aliphatic rings. The summed E-state index contributed by atoms with van der Waals surface area (Å²) in [6.07, 6.45) is 8.82. The number of rotatable bonds is 3. The van der Waals surface area contributed by atoms with E-state index in [1.807, 2.05) is 30.5 Å². The van der Waals surface area contributed by atoms with Crippen LogP contribution in [0.4, 0.5) is 5.69 Å². The van der Waals surface area contributed by atoms with Crippen LogP contribution in [0.3, 0.4) is 0 Å². The number of nitrogens with zero attached hydrogens (tertiary/aromatic N) is 2. The molecule has 3 aromatic rings. The molecule has 1 aliphatic heterocycles. The van der Waals surface area contributed by atoms with Gasteiger partial charge in [0.2, 0.25) is 0 Å². The number of H-pyrrole nitrogens is 1. The largest absolute Gasteiger partial charge is 0.465 e. The predicted octanol–water partition coefficient (Wildman–Crippen LogP) is 3.70. The molecule has 0 bridgehead atoms. The number of aromatic amines is 1. The lowest BCUT2D eigenvalue weighted by Crippen LogP contribution is -2.34. The summed E-state index contributed by atoms with van der Waals surface area (Å²) >= 11 is 0. The molecule has 1 aliphatic carbocycles. The van der Waals surface area contributed by atoms with Crippen LogP contribution in [0.25, 0.3) is 22.0 Å². The molecule has 5 rings (SSSR count). The molecular formula is C23H25N3O3. The van der Waals surface area contributed by atoms with Crippen LogP contribution >= 0.6 is 0 Å². The van der Waals surface area contributed by atoms with Crippen LogP contribution in [0.2, 0.25) is 0 Å². The van der Waals surface area contributed by atoms with Crippen molar-refractivity contribution in [2.45, 2.75) is 25.7 Å². The van der Waals surface area contributed by atoms with E-state index in [9.17, 15) is 9.59 Å². The average Bonchev–Trinajstić information content (AvgIpc) is 3.31. The number of hydrogen-bond donors (Lipinski definition) is 1. The number of esters is 1. The summed E-state index contributed by atoms with van der Waals surface area (Å²) in [5.41, 5.74) is 4.63. The van der Waals surface area contributed by atoms with Crippen molar-refractivity contribution in [2.75, 3.05) is 25.1 Å². The third kappa shape index (κ3) is 2.94. The molecule has 1 spiro atoms. The van der Waals surface area contributed by atoms with E-state index in [0.717, 1.165) is 35.3 Å². The highest BCUT2D eigenvalue weighted by Gasteiger charge is 2.44. The van der Waals surface area contributed by atoms with Crippen LogP contribution in [0.15, 0.2) is 41.5 Å². The first-order valence-electron chi connectivity index (χ1n) is 10.2. The third-order valence-electron chi connectivity index (χ3n) is 6.72. The van der Waals surface area contributed by atoms with E-state index in [1.54, 1.807) is 17.8 Å². The second-order valence-corrected chi connectivity index (χ2v) is 8.44. The Bertz CT molecular complexity index is 1160. The maximum atomic E-state index is 12.5. The molecule has 1 saturated heterocycles. The van der Waals surface area contributed by atoms with Gasteiger partial charge in [-0.15, -0.1) is 0 Å². The maximum Gasteiger partial charge on any atom is 0.337 e. The third-order valence-corrected chi connectivity index (χ3v) is 6.72. The predicted molar refractivity (Wildman–Crippen MR) is 113 cm³/mol. The summed E-state index contributed by atoms with van der Waals surface area (Å²) in [5.74, 6) is -0.358. The summed E-state index contributed by atoms with van der Waals surface area (Å²) in [6, 6.07) is 7.68. The van der Waals surface area contributed by atoms with Crippen molar-refractivity contribution in [2.24, 2.45) is 12.5 Å². The van der Waals surface area contributed by atoms with Crippen LogP contribution in [0.5, 0.6) is 0 Å². The highest BCUT2D eigenvalue weighted by atomic mass is 16.5. The van der Waals surface area contributed by atoms with Gasteiger partial charge in [-0.3, -0.25) is 4.79 Å². The second-order valence-electron chi connectivity index (χ2n) is 8.44. The van der Waals surface area contributed by atoms with Crippen LogP contribution < -0.4 is 10.5 Å². The van der Waals surface area contributed by atoms with E-state index < -0.39 is 0 Å². The number of fused-ring (bicyclic) bond motifs is 1. The molecular weight excluding hydrogens is 366 g/mol. The fourth-order valence-electron chi connectivity index (χ4n) is 4.65. The summed E-state index contributed by atoms with van der Waals surface area (Å²) in [7, 11) is 3.15. The number of carbonyl (C=O) groups excluding carboxylic acids is 1. The minimum Gasteiger partial charge on any atom is -0.465 e. The number of anilines is 1. The van der Waals surface area contributed by atoms with Crippen molar-refractivity contribution in [1.29, 1.82) is 0 Å². The number of benzene rings is 1. The van der Waals surface area contributed by atoms with Gasteiger partial charge in [-0.05, 0) is 55.4 Å². The molecule has 29 heavy (non-hydrogen) atoms. The van der Waals surface area contributed by atoms with Gasteiger partial charge in [0, 0.05) is 54.7 Å². The SMILES string of the molecule is COC(=O)c1ccc(N2CCC3(CC2)CC3)c(-c2cn(C)c(=O)c3[nH]ccc23)c1. The molecule has 6 heteroatoms. The Morgan fingerprint density at radius 3 is 2.55 bits per heavy atom. The van der Waals surface area contributed by atoms with Crippen molar-refractivity contribution in [3.63, 3.8) is 0 Å². The van der Waals surface area contributed by atoms with Crippen molar-refractivity contribution < 1.29 is 9.53 Å². The molecule has 2 aromatic heterocycles. The quantitative estimate of drug-likeness (QED) is 0.692. The standard InChI is InChI=1S/C23H25N3O3/c1-25-14-18(16-5-10-24-20(16)21(25)27)17-13-15(22(28)29-2)3-4-19(17)26-11-8-23(6-7-23)9-12-26/h3-5,10,13-14,24H,6-9,11-12H2,1-2H3. The van der Waals surface area contributed by atoms with Crippen molar-refractivity contribution in [3.8, 4) is 11.1 Å². The van der Waals surface area contributed by atoms with Gasteiger partial charge < -0.3 is 19.2 Å². The number of piperidine rings is 1. The Labute approximate surface area is 169 Å². The van der Waals surface area contributed by atoms with Crippen LogP contribution in [-0.2, 0) is 11.8 Å². The van der Waals surface area contributed by atoms with E-state index >= 15 is 0 Å². The van der Waals surface area contributed by atoms with Crippen LogP contribution in [0, 0.1) is 5.41 Å². The lowest BCUT2D eigenvalue weighted by atomic mass is 9.92. The minimum absolute atomic E-state index is 0.0620. The average molecular weight is 391 g/mol. The van der Waals surface area contributed by atoms with E-state index in [-0.39, 0.29) is 11.5 Å². The highest BCUT2D eigenvalue weighted by Crippen LogP contribution is 2.54. The highest BCUT2D eigenvalue weighted by molar-refractivity contribution is 6.00. The topological polar surface area (TPSA) is 67.3 Å². The van der Waals surface area contributed by atoms with Gasteiger partial charge in [-0.1, -0.05) is 0 Å². The van der Waals surface area contributed by atoms with E-state index in [1.165, 1.54) is 32.8 Å². The molecule has 6 nitrogen and oxygen atoms in total. The molecule has 0 unspecified atom stereocenters. The fraction of sp³-hybridized carbons (Fsp3) is 0.391. The minimum atomic E-state index is -0.358. The summed E-state index contributed by atoms with van der Waals surface area (Å²) in [5, 5.41) is 0.868. The zero-order chi connectivity index (χ0) is 20.2. The zero-order valence-corrected chi connectivity index (χ0v) is 16.8. The van der Waals surface area contributed by atoms with Crippen molar-refractivity contribution in [3.05, 3.63) is 52.6 Å². The first-order valence-corrected chi connectivity index (χ1v) is 10.2. The van der Waals surface area contributed by atoms with E-state index in [2.05, 4.69) is 9.88 Å². The maximum absolute atomic E-state index is 12.5. The Balaban J connectivity index is 1.67. The summed E-state index contributed by atoms with van der Waals surface area (Å²) in [4.78, 5) is 30.2. The number of nitrogens with one attached hydrogen (secondary N) is 1. The smallest absolute Gasteiger partial charge is 0.337 e. The van der Waals surface area contributed by atoms with Gasteiger partial charge >= 0.3 is 5.97 Å². The molecule has 0 radical (unpaired) electrons. The first-order chi connectivity index (χ1) is 14.0. The van der Waals surface area contributed by atoms with Gasteiger partial charge in [0.25, 0.3) is 5.56 Å².